The van der Waals surface area contributed by atoms with Gasteiger partial charge in [-0.25, -0.2) is 8.42 Å². The van der Waals surface area contributed by atoms with Crippen LogP contribution in [-0.2, 0) is 24.2 Å². The summed E-state index contributed by atoms with van der Waals surface area (Å²) in [5.41, 5.74) is 0.970. The number of amides is 1. The fraction of sp³-hybridized carbons (Fsp3) is 0.667. The molecule has 7 heteroatoms. The molecule has 0 saturated heterocycles. The first-order valence-corrected chi connectivity index (χ1v) is 13.3. The average Bonchev–Trinajstić information content (AvgIpc) is 2.78. The molecule has 2 aliphatic rings. The summed E-state index contributed by atoms with van der Waals surface area (Å²) in [7, 11) is -3.56. The zero-order chi connectivity index (χ0) is 22.3. The van der Waals surface area contributed by atoms with Crippen LogP contribution in [0.25, 0.3) is 0 Å². The Morgan fingerprint density at radius 1 is 0.903 bits per heavy atom. The van der Waals surface area contributed by atoms with E-state index in [1.54, 1.807) is 24.3 Å². The Bertz CT molecular complexity index is 819. The number of hydrogen-bond donors (Lipinski definition) is 0. The molecule has 6 nitrogen and oxygen atoms in total. The fourth-order valence-electron chi connectivity index (χ4n) is 4.79. The molecule has 172 valence electrons. The van der Waals surface area contributed by atoms with Crippen LogP contribution in [0.3, 0.4) is 0 Å². The number of ether oxygens (including phenoxy) is 1. The smallest absolute Gasteiger partial charge is 0.307 e. The van der Waals surface area contributed by atoms with E-state index in [-0.39, 0.29) is 41.7 Å². The third-order valence-corrected chi connectivity index (χ3v) is 8.27. The van der Waals surface area contributed by atoms with Crippen LogP contribution in [0, 0.1) is 6.92 Å². The van der Waals surface area contributed by atoms with Gasteiger partial charge in [-0.1, -0.05) is 56.2 Å². The van der Waals surface area contributed by atoms with Crippen molar-refractivity contribution in [1.29, 1.82) is 0 Å². The molecule has 2 fully saturated rings. The van der Waals surface area contributed by atoms with Crippen molar-refractivity contribution in [3.05, 3.63) is 29.8 Å². The maximum absolute atomic E-state index is 13.0. The molecular formula is C24H35NO5S. The van der Waals surface area contributed by atoms with Crippen molar-refractivity contribution in [2.75, 3.05) is 12.4 Å². The van der Waals surface area contributed by atoms with Crippen molar-refractivity contribution in [2.45, 2.75) is 94.5 Å². The predicted molar refractivity (Wildman–Crippen MR) is 119 cm³/mol. The average molecular weight is 450 g/mol. The van der Waals surface area contributed by atoms with Gasteiger partial charge < -0.3 is 9.64 Å². The van der Waals surface area contributed by atoms with E-state index < -0.39 is 15.8 Å². The van der Waals surface area contributed by atoms with Gasteiger partial charge in [0.2, 0.25) is 0 Å². The summed E-state index contributed by atoms with van der Waals surface area (Å²) >= 11 is 0. The Labute approximate surface area is 186 Å². The first-order valence-electron chi connectivity index (χ1n) is 11.6. The van der Waals surface area contributed by atoms with E-state index in [1.807, 2.05) is 11.8 Å². The molecule has 0 heterocycles. The zero-order valence-electron chi connectivity index (χ0n) is 18.6. The van der Waals surface area contributed by atoms with Crippen molar-refractivity contribution >= 4 is 21.7 Å². The molecule has 0 atom stereocenters. The molecule has 0 radical (unpaired) electrons. The van der Waals surface area contributed by atoms with Gasteiger partial charge >= 0.3 is 5.97 Å². The van der Waals surface area contributed by atoms with Gasteiger partial charge in [0.05, 0.1) is 17.1 Å². The van der Waals surface area contributed by atoms with Gasteiger partial charge in [-0.05, 0) is 44.7 Å². The molecule has 3 rings (SSSR count). The molecular weight excluding hydrogens is 414 g/mol. The van der Waals surface area contributed by atoms with Crippen LogP contribution >= 0.6 is 0 Å². The largest absolute Gasteiger partial charge is 0.456 e. The maximum atomic E-state index is 13.0. The highest BCUT2D eigenvalue weighted by molar-refractivity contribution is 7.91. The number of carbonyl (C=O) groups excluding carboxylic acids is 2. The number of rotatable bonds is 8. The van der Waals surface area contributed by atoms with Crippen LogP contribution in [0.2, 0.25) is 0 Å². The molecule has 1 amide bonds. The van der Waals surface area contributed by atoms with Gasteiger partial charge in [0.1, 0.15) is 0 Å². The molecule has 2 saturated carbocycles. The van der Waals surface area contributed by atoms with Crippen LogP contribution < -0.4 is 0 Å². The second kappa shape index (κ2) is 11.1. The standard InChI is InChI=1S/C24H35NO5S/c1-19-12-14-22(15-13-19)31(28,29)17-16-24(27)30-18-23(26)25(20-8-4-2-5-9-20)21-10-6-3-7-11-21/h12-15,20-21H,2-11,16-18H2,1H3. The molecule has 2 aliphatic carbocycles. The van der Waals surface area contributed by atoms with Gasteiger partial charge in [-0.15, -0.1) is 0 Å². The quantitative estimate of drug-likeness (QED) is 0.556. The Morgan fingerprint density at radius 2 is 1.42 bits per heavy atom. The summed E-state index contributed by atoms with van der Waals surface area (Å²) in [6, 6.07) is 7.04. The highest BCUT2D eigenvalue weighted by Gasteiger charge is 2.32. The number of benzene rings is 1. The number of esters is 1. The van der Waals surface area contributed by atoms with Gasteiger partial charge in [0.25, 0.3) is 5.91 Å². The van der Waals surface area contributed by atoms with Gasteiger partial charge in [0.15, 0.2) is 16.4 Å². The van der Waals surface area contributed by atoms with Gasteiger partial charge in [-0.3, -0.25) is 9.59 Å². The van der Waals surface area contributed by atoms with E-state index >= 15 is 0 Å². The first kappa shape index (κ1) is 23.8. The summed E-state index contributed by atoms with van der Waals surface area (Å²) < 4.78 is 30.1. The molecule has 31 heavy (non-hydrogen) atoms. The minimum absolute atomic E-state index is 0.131. The summed E-state index contributed by atoms with van der Waals surface area (Å²) in [6.45, 7) is 1.59. The maximum Gasteiger partial charge on any atom is 0.307 e. The molecule has 0 N–H and O–H groups in total. The molecule has 0 spiro atoms. The number of sulfone groups is 1. The second-order valence-electron chi connectivity index (χ2n) is 8.93. The normalized spacial score (nSPS) is 18.5. The van der Waals surface area contributed by atoms with Gasteiger partial charge in [-0.2, -0.15) is 0 Å². The van der Waals surface area contributed by atoms with E-state index in [1.165, 1.54) is 12.8 Å². The lowest BCUT2D eigenvalue weighted by atomic mass is 9.88. The summed E-state index contributed by atoms with van der Waals surface area (Å²) in [6.07, 6.45) is 10.8. The van der Waals surface area contributed by atoms with Crippen molar-refractivity contribution in [2.24, 2.45) is 0 Å². The lowest BCUT2D eigenvalue weighted by Crippen LogP contribution is -2.50. The van der Waals surface area contributed by atoms with Crippen molar-refractivity contribution in [1.82, 2.24) is 4.90 Å². The predicted octanol–water partition coefficient (Wildman–Crippen LogP) is 4.20. The molecule has 1 aromatic carbocycles. The third kappa shape index (κ3) is 6.79. The summed E-state index contributed by atoms with van der Waals surface area (Å²) in [4.78, 5) is 27.4. The molecule has 1 aromatic rings. The molecule has 0 aromatic heterocycles. The Kier molecular flexibility index (Phi) is 8.52. The van der Waals surface area contributed by atoms with E-state index in [0.29, 0.717) is 0 Å². The SMILES string of the molecule is Cc1ccc(S(=O)(=O)CCC(=O)OCC(=O)N(C2CCCCC2)C2CCCCC2)cc1. The Morgan fingerprint density at radius 3 is 1.94 bits per heavy atom. The summed E-state index contributed by atoms with van der Waals surface area (Å²) in [5.74, 6) is -1.09. The number of aryl methyl sites for hydroxylation is 1. The minimum atomic E-state index is -3.56. The van der Waals surface area contributed by atoms with Crippen molar-refractivity contribution < 1.29 is 22.7 Å². The lowest BCUT2D eigenvalue weighted by Gasteiger charge is -2.41. The zero-order valence-corrected chi connectivity index (χ0v) is 19.4. The van der Waals surface area contributed by atoms with E-state index in [0.717, 1.165) is 56.9 Å². The lowest BCUT2D eigenvalue weighted by molar-refractivity contribution is -0.154. The highest BCUT2D eigenvalue weighted by Crippen LogP contribution is 2.30. The number of nitrogens with zero attached hydrogens (tertiary/aromatic N) is 1. The van der Waals surface area contributed by atoms with Crippen LogP contribution in [0.5, 0.6) is 0 Å². The number of carbonyl (C=O) groups is 2. The fourth-order valence-corrected chi connectivity index (χ4v) is 6.02. The molecule has 0 unspecified atom stereocenters. The van der Waals surface area contributed by atoms with Crippen LogP contribution in [0.1, 0.15) is 76.2 Å². The van der Waals surface area contributed by atoms with Crippen LogP contribution in [-0.4, -0.2) is 49.6 Å². The number of hydrogen-bond acceptors (Lipinski definition) is 5. The monoisotopic (exact) mass is 449 g/mol. The van der Waals surface area contributed by atoms with Crippen LogP contribution in [0.15, 0.2) is 29.2 Å². The third-order valence-electron chi connectivity index (χ3n) is 6.54. The topological polar surface area (TPSA) is 80.7 Å². The van der Waals surface area contributed by atoms with Crippen LogP contribution in [0.4, 0.5) is 0 Å². The van der Waals surface area contributed by atoms with Crippen molar-refractivity contribution in [3.63, 3.8) is 0 Å². The Balaban J connectivity index is 1.53. The van der Waals surface area contributed by atoms with E-state index in [4.69, 9.17) is 4.74 Å². The summed E-state index contributed by atoms with van der Waals surface area (Å²) in [5, 5.41) is 0. The second-order valence-corrected chi connectivity index (χ2v) is 11.0. The van der Waals surface area contributed by atoms with E-state index in [2.05, 4.69) is 0 Å². The Hall–Kier alpha value is -1.89. The first-order chi connectivity index (χ1) is 14.9. The minimum Gasteiger partial charge on any atom is -0.456 e. The van der Waals surface area contributed by atoms with Crippen molar-refractivity contribution in [3.8, 4) is 0 Å². The van der Waals surface area contributed by atoms with Gasteiger partial charge in [0, 0.05) is 12.1 Å². The van der Waals surface area contributed by atoms with E-state index in [9.17, 15) is 18.0 Å². The molecule has 0 bridgehead atoms. The molecule has 0 aliphatic heterocycles. The highest BCUT2D eigenvalue weighted by atomic mass is 32.2.